The van der Waals surface area contributed by atoms with Gasteiger partial charge < -0.3 is 0 Å². The van der Waals surface area contributed by atoms with E-state index in [4.69, 9.17) is 0 Å². The summed E-state index contributed by atoms with van der Waals surface area (Å²) in [7, 11) is 0. The van der Waals surface area contributed by atoms with Crippen LogP contribution in [0.5, 0.6) is 0 Å². The van der Waals surface area contributed by atoms with Crippen LogP contribution < -0.4 is 0 Å². The molecule has 116 valence electrons. The summed E-state index contributed by atoms with van der Waals surface area (Å²) in [4.78, 5) is 0. The molecule has 0 fully saturated rings. The highest BCUT2D eigenvalue weighted by molar-refractivity contribution is 5.28. The van der Waals surface area contributed by atoms with Gasteiger partial charge in [-0.3, -0.25) is 0 Å². The van der Waals surface area contributed by atoms with Gasteiger partial charge in [0.05, 0.1) is 0 Å². The first kappa shape index (κ1) is 19.4. The van der Waals surface area contributed by atoms with Gasteiger partial charge in [0.25, 0.3) is 0 Å². The lowest BCUT2D eigenvalue weighted by Crippen LogP contribution is -1.89. The third kappa shape index (κ3) is 6.16. The number of aryl methyl sites for hydroxylation is 2. The molecule has 0 aliphatic carbocycles. The number of benzene rings is 2. The Balaban J connectivity index is 0.000000364. The van der Waals surface area contributed by atoms with Gasteiger partial charge in [-0.25, -0.2) is 0 Å². The standard InChI is InChI=1S/2C10H14.CH4/c2*1-8(2)10-7-5-4-6-9(10)3;/h2*4-8H,1-3H3;1H4. The summed E-state index contributed by atoms with van der Waals surface area (Å²) in [6, 6.07) is 17.1. The molecule has 0 heteroatoms. The molecular weight excluding hydrogens is 252 g/mol. The second-order valence-corrected chi connectivity index (χ2v) is 6.02. The zero-order chi connectivity index (χ0) is 15.1. The number of hydrogen-bond acceptors (Lipinski definition) is 0. The van der Waals surface area contributed by atoms with E-state index in [-0.39, 0.29) is 7.43 Å². The van der Waals surface area contributed by atoms with Crippen molar-refractivity contribution in [1.29, 1.82) is 0 Å². The molecule has 0 aromatic heterocycles. The molecule has 21 heavy (non-hydrogen) atoms. The fourth-order valence-electron chi connectivity index (χ4n) is 2.47. The van der Waals surface area contributed by atoms with Crippen LogP contribution in [-0.2, 0) is 0 Å². The maximum atomic E-state index is 2.22. The molecule has 0 radical (unpaired) electrons. The molecule has 0 unspecified atom stereocenters. The van der Waals surface area contributed by atoms with E-state index in [2.05, 4.69) is 90.1 Å². The van der Waals surface area contributed by atoms with Gasteiger partial charge in [0.1, 0.15) is 0 Å². The summed E-state index contributed by atoms with van der Waals surface area (Å²) in [5, 5.41) is 0. The molecule has 0 N–H and O–H groups in total. The fraction of sp³-hybridized carbons (Fsp3) is 0.429. The Morgan fingerprint density at radius 1 is 0.571 bits per heavy atom. The predicted molar refractivity (Wildman–Crippen MR) is 97.3 cm³/mol. The summed E-state index contributed by atoms with van der Waals surface area (Å²) in [5.41, 5.74) is 5.72. The smallest absolute Gasteiger partial charge is 0.0216 e. The molecule has 0 spiro atoms. The van der Waals surface area contributed by atoms with Crippen molar-refractivity contribution >= 4 is 0 Å². The van der Waals surface area contributed by atoms with E-state index < -0.39 is 0 Å². The molecule has 0 atom stereocenters. The largest absolute Gasteiger partial charge is 0.0776 e. The average molecular weight is 284 g/mol. The van der Waals surface area contributed by atoms with Crippen molar-refractivity contribution in [2.24, 2.45) is 0 Å². The van der Waals surface area contributed by atoms with Crippen molar-refractivity contribution in [2.45, 2.75) is 60.8 Å². The quantitative estimate of drug-likeness (QED) is 0.564. The molecule has 0 saturated heterocycles. The van der Waals surface area contributed by atoms with Gasteiger partial charge >= 0.3 is 0 Å². The lowest BCUT2D eigenvalue weighted by molar-refractivity contribution is 0.856. The molecule has 0 saturated carbocycles. The number of rotatable bonds is 2. The van der Waals surface area contributed by atoms with Gasteiger partial charge in [-0.05, 0) is 47.9 Å². The van der Waals surface area contributed by atoms with Gasteiger partial charge in [0, 0.05) is 0 Å². The van der Waals surface area contributed by atoms with E-state index in [0.717, 1.165) is 0 Å². The van der Waals surface area contributed by atoms with Crippen molar-refractivity contribution in [3.63, 3.8) is 0 Å². The summed E-state index contributed by atoms with van der Waals surface area (Å²) in [6.45, 7) is 13.2. The summed E-state index contributed by atoms with van der Waals surface area (Å²) in [5.74, 6) is 1.31. The average Bonchev–Trinajstić information content (AvgIpc) is 2.40. The van der Waals surface area contributed by atoms with Crippen molar-refractivity contribution in [2.75, 3.05) is 0 Å². The first-order chi connectivity index (χ1) is 9.43. The maximum absolute atomic E-state index is 2.22. The van der Waals surface area contributed by atoms with E-state index in [0.29, 0.717) is 11.8 Å². The van der Waals surface area contributed by atoms with Crippen LogP contribution in [0.2, 0.25) is 0 Å². The van der Waals surface area contributed by atoms with Crippen LogP contribution in [0.4, 0.5) is 0 Å². The van der Waals surface area contributed by atoms with Gasteiger partial charge in [-0.1, -0.05) is 83.7 Å². The Morgan fingerprint density at radius 3 is 1.05 bits per heavy atom. The molecule has 0 aliphatic rings. The predicted octanol–water partition coefficient (Wildman–Crippen LogP) is 6.87. The Bertz CT molecular complexity index is 472. The molecule has 0 amide bonds. The Hall–Kier alpha value is -1.56. The highest BCUT2D eigenvalue weighted by atomic mass is 14.1. The van der Waals surface area contributed by atoms with E-state index in [9.17, 15) is 0 Å². The van der Waals surface area contributed by atoms with Crippen LogP contribution in [-0.4, -0.2) is 0 Å². The summed E-state index contributed by atoms with van der Waals surface area (Å²) in [6.07, 6.45) is 0. The maximum Gasteiger partial charge on any atom is -0.0216 e. The lowest BCUT2D eigenvalue weighted by Gasteiger charge is -2.07. The topological polar surface area (TPSA) is 0 Å². The summed E-state index contributed by atoms with van der Waals surface area (Å²) >= 11 is 0. The highest BCUT2D eigenvalue weighted by Gasteiger charge is 2.00. The molecule has 0 bridgehead atoms. The number of hydrogen-bond donors (Lipinski definition) is 0. The van der Waals surface area contributed by atoms with Crippen LogP contribution in [0.3, 0.4) is 0 Å². The molecule has 0 aliphatic heterocycles. The van der Waals surface area contributed by atoms with Crippen molar-refractivity contribution in [1.82, 2.24) is 0 Å². The minimum atomic E-state index is 0. The van der Waals surface area contributed by atoms with Gasteiger partial charge in [0.2, 0.25) is 0 Å². The third-order valence-electron chi connectivity index (χ3n) is 3.62. The lowest BCUT2D eigenvalue weighted by atomic mass is 9.99. The third-order valence-corrected chi connectivity index (χ3v) is 3.62. The first-order valence-electron chi connectivity index (χ1n) is 7.54. The second kappa shape index (κ2) is 9.39. The van der Waals surface area contributed by atoms with Gasteiger partial charge in [0.15, 0.2) is 0 Å². The van der Waals surface area contributed by atoms with Crippen LogP contribution in [0.15, 0.2) is 48.5 Å². The van der Waals surface area contributed by atoms with Crippen molar-refractivity contribution in [3.05, 3.63) is 70.8 Å². The SMILES string of the molecule is C.Cc1ccccc1C(C)C.Cc1ccccc1C(C)C. The van der Waals surface area contributed by atoms with Crippen molar-refractivity contribution < 1.29 is 0 Å². The zero-order valence-electron chi connectivity index (χ0n) is 13.8. The normalized spacial score (nSPS) is 9.90. The molecule has 2 rings (SSSR count). The Labute approximate surface area is 132 Å². The minimum absolute atomic E-state index is 0. The van der Waals surface area contributed by atoms with Crippen molar-refractivity contribution in [3.8, 4) is 0 Å². The molecule has 2 aromatic carbocycles. The fourth-order valence-corrected chi connectivity index (χ4v) is 2.47. The summed E-state index contributed by atoms with van der Waals surface area (Å²) < 4.78 is 0. The van der Waals surface area contributed by atoms with Crippen LogP contribution in [0.1, 0.15) is 69.2 Å². The van der Waals surface area contributed by atoms with Crippen LogP contribution in [0.25, 0.3) is 0 Å². The highest BCUT2D eigenvalue weighted by Crippen LogP contribution is 2.18. The minimum Gasteiger partial charge on any atom is -0.0776 e. The van der Waals surface area contributed by atoms with E-state index in [1.807, 2.05) is 0 Å². The van der Waals surface area contributed by atoms with Crippen LogP contribution in [0, 0.1) is 13.8 Å². The Morgan fingerprint density at radius 2 is 0.857 bits per heavy atom. The zero-order valence-corrected chi connectivity index (χ0v) is 13.8. The van der Waals surface area contributed by atoms with Gasteiger partial charge in [-0.15, -0.1) is 0 Å². The first-order valence-corrected chi connectivity index (χ1v) is 7.54. The van der Waals surface area contributed by atoms with Crippen LogP contribution >= 0.6 is 0 Å². The Kier molecular flexibility index (Phi) is 8.69. The van der Waals surface area contributed by atoms with E-state index in [1.165, 1.54) is 22.3 Å². The molecule has 2 aromatic rings. The van der Waals surface area contributed by atoms with E-state index in [1.54, 1.807) is 0 Å². The second-order valence-electron chi connectivity index (χ2n) is 6.02. The van der Waals surface area contributed by atoms with Gasteiger partial charge in [-0.2, -0.15) is 0 Å². The van der Waals surface area contributed by atoms with E-state index >= 15 is 0 Å². The molecule has 0 heterocycles. The monoisotopic (exact) mass is 284 g/mol. The molecular formula is C21H32. The molecule has 0 nitrogen and oxygen atoms in total.